The highest BCUT2D eigenvalue weighted by molar-refractivity contribution is 5.41. The third kappa shape index (κ3) is 4.19. The van der Waals surface area contributed by atoms with Crippen LogP contribution in [0.3, 0.4) is 0 Å². The zero-order valence-corrected chi connectivity index (χ0v) is 12.0. The van der Waals surface area contributed by atoms with Crippen molar-refractivity contribution in [2.24, 2.45) is 5.73 Å². The molecular formula is C16H25NO. The van der Waals surface area contributed by atoms with Crippen molar-refractivity contribution >= 4 is 0 Å². The van der Waals surface area contributed by atoms with Gasteiger partial charge in [0.05, 0.1) is 0 Å². The molecule has 18 heavy (non-hydrogen) atoms. The van der Waals surface area contributed by atoms with Gasteiger partial charge in [-0.1, -0.05) is 52.0 Å². The van der Waals surface area contributed by atoms with E-state index in [1.54, 1.807) is 0 Å². The second kappa shape index (κ2) is 6.60. The van der Waals surface area contributed by atoms with Crippen LogP contribution in [0.5, 0.6) is 5.75 Å². The highest BCUT2D eigenvalue weighted by atomic mass is 16.5. The quantitative estimate of drug-likeness (QED) is 0.809. The summed E-state index contributed by atoms with van der Waals surface area (Å²) >= 11 is 0. The molecule has 0 unspecified atom stereocenters. The number of ether oxygens (including phenoxy) is 1. The molecule has 0 radical (unpaired) electrons. The summed E-state index contributed by atoms with van der Waals surface area (Å²) in [6.45, 7) is 9.95. The molecule has 0 spiro atoms. The maximum Gasteiger partial charge on any atom is 0.123 e. The molecule has 1 aromatic carbocycles. The van der Waals surface area contributed by atoms with E-state index in [1.807, 2.05) is 12.2 Å². The molecule has 2 nitrogen and oxygen atoms in total. The van der Waals surface area contributed by atoms with E-state index < -0.39 is 0 Å². The largest absolute Gasteiger partial charge is 0.489 e. The van der Waals surface area contributed by atoms with Gasteiger partial charge < -0.3 is 10.5 Å². The molecule has 0 heterocycles. The van der Waals surface area contributed by atoms with Gasteiger partial charge in [-0.2, -0.15) is 0 Å². The minimum Gasteiger partial charge on any atom is -0.489 e. The highest BCUT2D eigenvalue weighted by Gasteiger charge is 2.19. The monoisotopic (exact) mass is 247 g/mol. The molecule has 0 saturated heterocycles. The molecule has 1 aromatic rings. The van der Waals surface area contributed by atoms with E-state index >= 15 is 0 Å². The van der Waals surface area contributed by atoms with Crippen molar-refractivity contribution in [1.82, 2.24) is 0 Å². The summed E-state index contributed by atoms with van der Waals surface area (Å²) in [5.41, 5.74) is 8.12. The molecule has 0 aliphatic rings. The van der Waals surface area contributed by atoms with E-state index in [2.05, 4.69) is 45.9 Å². The van der Waals surface area contributed by atoms with Gasteiger partial charge in [0.1, 0.15) is 12.4 Å². The maximum absolute atomic E-state index is 5.82. The molecule has 0 fully saturated rings. The van der Waals surface area contributed by atoms with Crippen LogP contribution in [-0.2, 0) is 11.8 Å². The van der Waals surface area contributed by atoms with E-state index in [0.717, 1.165) is 12.2 Å². The van der Waals surface area contributed by atoms with E-state index in [0.29, 0.717) is 13.2 Å². The van der Waals surface area contributed by atoms with Crippen LogP contribution >= 0.6 is 0 Å². The minimum absolute atomic E-state index is 0.0953. The molecule has 2 heteroatoms. The van der Waals surface area contributed by atoms with Crippen molar-refractivity contribution in [3.63, 3.8) is 0 Å². The van der Waals surface area contributed by atoms with Crippen molar-refractivity contribution in [2.45, 2.75) is 39.5 Å². The average Bonchev–Trinajstić information content (AvgIpc) is 2.33. The summed E-state index contributed by atoms with van der Waals surface area (Å²) in [5.74, 6) is 0.973. The summed E-state index contributed by atoms with van der Waals surface area (Å²) in [5, 5.41) is 0. The summed E-state index contributed by atoms with van der Waals surface area (Å²) in [4.78, 5) is 0. The van der Waals surface area contributed by atoms with Crippen molar-refractivity contribution in [2.75, 3.05) is 13.2 Å². The molecule has 2 N–H and O–H groups in total. The molecule has 0 aliphatic heterocycles. The van der Waals surface area contributed by atoms with Gasteiger partial charge in [-0.3, -0.25) is 0 Å². The third-order valence-corrected chi connectivity index (χ3v) is 2.90. The van der Waals surface area contributed by atoms with Crippen LogP contribution in [0.2, 0.25) is 0 Å². The Kier molecular flexibility index (Phi) is 5.42. The maximum atomic E-state index is 5.82. The highest BCUT2D eigenvalue weighted by Crippen LogP contribution is 2.32. The van der Waals surface area contributed by atoms with Crippen LogP contribution in [0.4, 0.5) is 0 Å². The molecule has 0 saturated carbocycles. The number of hydrogen-bond donors (Lipinski definition) is 1. The lowest BCUT2D eigenvalue weighted by Crippen LogP contribution is -2.14. The number of aryl methyl sites for hydroxylation is 1. The summed E-state index contributed by atoms with van der Waals surface area (Å²) in [6, 6.07) is 6.47. The topological polar surface area (TPSA) is 35.2 Å². The first-order valence-corrected chi connectivity index (χ1v) is 6.60. The predicted octanol–water partition coefficient (Wildman–Crippen LogP) is 3.44. The van der Waals surface area contributed by atoms with Gasteiger partial charge >= 0.3 is 0 Å². The van der Waals surface area contributed by atoms with Crippen molar-refractivity contribution < 1.29 is 4.74 Å². The molecule has 0 bridgehead atoms. The average molecular weight is 247 g/mol. The van der Waals surface area contributed by atoms with E-state index in [1.165, 1.54) is 11.1 Å². The zero-order valence-electron chi connectivity index (χ0n) is 12.0. The first-order chi connectivity index (χ1) is 8.49. The Hall–Kier alpha value is -1.28. The van der Waals surface area contributed by atoms with E-state index in [4.69, 9.17) is 10.5 Å². The van der Waals surface area contributed by atoms with Gasteiger partial charge in [0, 0.05) is 6.54 Å². The normalized spacial score (nSPS) is 12.1. The summed E-state index contributed by atoms with van der Waals surface area (Å²) < 4.78 is 5.82. The lowest BCUT2D eigenvalue weighted by molar-refractivity contribution is 0.350. The molecule has 0 aromatic heterocycles. The molecule has 100 valence electrons. The van der Waals surface area contributed by atoms with E-state index in [-0.39, 0.29) is 5.41 Å². The van der Waals surface area contributed by atoms with Crippen LogP contribution < -0.4 is 10.5 Å². The summed E-state index contributed by atoms with van der Waals surface area (Å²) in [6.07, 6.45) is 4.92. The molecule has 1 rings (SSSR count). The van der Waals surface area contributed by atoms with Crippen LogP contribution in [-0.4, -0.2) is 13.2 Å². The zero-order chi connectivity index (χ0) is 13.6. The molecule has 0 amide bonds. The molecule has 0 aliphatic carbocycles. The second-order valence-corrected chi connectivity index (χ2v) is 5.45. The number of rotatable bonds is 5. The van der Waals surface area contributed by atoms with Crippen molar-refractivity contribution in [1.29, 1.82) is 0 Å². The fourth-order valence-electron chi connectivity index (χ4n) is 1.81. The predicted molar refractivity (Wildman–Crippen MR) is 78.2 cm³/mol. The Morgan fingerprint density at radius 2 is 1.94 bits per heavy atom. The lowest BCUT2D eigenvalue weighted by Gasteiger charge is -2.23. The first-order valence-electron chi connectivity index (χ1n) is 6.60. The van der Waals surface area contributed by atoms with Crippen LogP contribution in [0.1, 0.15) is 38.8 Å². The minimum atomic E-state index is 0.0953. The Labute approximate surface area is 111 Å². The van der Waals surface area contributed by atoms with Gasteiger partial charge in [0.2, 0.25) is 0 Å². The fraction of sp³-hybridized carbons (Fsp3) is 0.500. The number of hydrogen-bond acceptors (Lipinski definition) is 2. The van der Waals surface area contributed by atoms with Gasteiger partial charge in [-0.05, 0) is 29.0 Å². The van der Waals surface area contributed by atoms with Crippen molar-refractivity contribution in [3.05, 3.63) is 41.5 Å². The number of benzene rings is 1. The summed E-state index contributed by atoms with van der Waals surface area (Å²) in [7, 11) is 0. The number of nitrogens with two attached hydrogens (primary N) is 1. The van der Waals surface area contributed by atoms with Crippen LogP contribution in [0.15, 0.2) is 30.4 Å². The van der Waals surface area contributed by atoms with E-state index in [9.17, 15) is 0 Å². The van der Waals surface area contributed by atoms with Crippen LogP contribution in [0, 0.1) is 0 Å². The Bertz CT molecular complexity index is 402. The van der Waals surface area contributed by atoms with Crippen molar-refractivity contribution in [3.8, 4) is 5.75 Å². The molecular weight excluding hydrogens is 222 g/mol. The second-order valence-electron chi connectivity index (χ2n) is 5.45. The third-order valence-electron chi connectivity index (χ3n) is 2.90. The first kappa shape index (κ1) is 14.8. The smallest absolute Gasteiger partial charge is 0.123 e. The van der Waals surface area contributed by atoms with Gasteiger partial charge in [0.25, 0.3) is 0 Å². The standard InChI is InChI=1S/C16H25NO/c1-5-13-8-9-15(18-11-7-6-10-17)14(12-13)16(2,3)4/h6-9,12H,5,10-11,17H2,1-4H3. The molecule has 0 atom stereocenters. The van der Waals surface area contributed by atoms with Gasteiger partial charge in [-0.25, -0.2) is 0 Å². The SMILES string of the molecule is CCc1ccc(OCC=CCN)c(C(C)(C)C)c1. The Morgan fingerprint density at radius 3 is 2.50 bits per heavy atom. The Balaban J connectivity index is 2.92. The van der Waals surface area contributed by atoms with Crippen LogP contribution in [0.25, 0.3) is 0 Å². The lowest BCUT2D eigenvalue weighted by atomic mass is 9.85. The van der Waals surface area contributed by atoms with Gasteiger partial charge in [0.15, 0.2) is 0 Å². The Morgan fingerprint density at radius 1 is 1.22 bits per heavy atom. The fourth-order valence-corrected chi connectivity index (χ4v) is 1.81. The van der Waals surface area contributed by atoms with Gasteiger partial charge in [-0.15, -0.1) is 0 Å².